The third-order valence-corrected chi connectivity index (χ3v) is 13.4. The number of hydrogen-bond donors (Lipinski definition) is 22. The van der Waals surface area contributed by atoms with Gasteiger partial charge >= 0.3 is 23.3 Å². The normalized spacial score (nSPS) is 45.8. The second kappa shape index (κ2) is 34.6. The smallest absolute Gasteiger partial charge is 0.358 e. The average molecular weight is 1240 g/mol. The van der Waals surface area contributed by atoms with Gasteiger partial charge in [0.15, 0.2) is 37.7 Å². The number of aliphatic carboxylic acids is 1. The minimum absolute atomic E-state index is 0.140. The summed E-state index contributed by atoms with van der Waals surface area (Å²) in [6.45, 7) is -5.78. The molecule has 0 aromatic carbocycles. The van der Waals surface area contributed by atoms with E-state index in [-0.39, 0.29) is 6.42 Å². The molecule has 6 saturated heterocycles. The molecular formula is C40H70O39P2. The van der Waals surface area contributed by atoms with Crippen LogP contribution in [0.25, 0.3) is 0 Å². The fourth-order valence-corrected chi connectivity index (χ4v) is 8.80. The van der Waals surface area contributed by atoms with Gasteiger partial charge in [-0.2, -0.15) is 0 Å². The molecule has 39 nitrogen and oxygen atoms in total. The largest absolute Gasteiger partial charge is 0.481 e. The quantitative estimate of drug-likeness (QED) is 0.0195. The molecule has 474 valence electrons. The van der Waals surface area contributed by atoms with Gasteiger partial charge < -0.3 is 159 Å². The predicted octanol–water partition coefficient (Wildman–Crippen LogP) is -11.8. The van der Waals surface area contributed by atoms with Crippen molar-refractivity contribution in [3.8, 4) is 0 Å². The number of carbonyl (C=O) groups is 1. The van der Waals surface area contributed by atoms with Gasteiger partial charge in [0, 0.05) is 6.42 Å². The minimum atomic E-state index is -2.10. The van der Waals surface area contributed by atoms with Crippen LogP contribution in [0.1, 0.15) is 12.8 Å². The van der Waals surface area contributed by atoms with Crippen molar-refractivity contribution in [3.63, 3.8) is 0 Å². The second-order valence-corrected chi connectivity index (χ2v) is 19.1. The number of ether oxygens (including phenoxy) is 12. The summed E-state index contributed by atoms with van der Waals surface area (Å²) in [6, 6.07) is 0. The van der Waals surface area contributed by atoms with E-state index in [1.165, 1.54) is 0 Å². The van der Waals surface area contributed by atoms with E-state index in [9.17, 15) is 102 Å². The van der Waals surface area contributed by atoms with E-state index in [0.29, 0.717) is 0 Å². The van der Waals surface area contributed by atoms with Gasteiger partial charge in [-0.25, -0.2) is 19.6 Å². The molecular weight excluding hydrogens is 1170 g/mol. The minimum Gasteiger partial charge on any atom is -0.481 e. The molecule has 0 spiro atoms. The van der Waals surface area contributed by atoms with Crippen LogP contribution in [0, 0.1) is 0 Å². The van der Waals surface area contributed by atoms with Crippen LogP contribution in [0.2, 0.25) is 0 Å². The lowest BCUT2D eigenvalue weighted by molar-refractivity contribution is -0.391. The zero-order valence-corrected chi connectivity index (χ0v) is 43.6. The molecule has 6 aliphatic heterocycles. The van der Waals surface area contributed by atoms with Crippen LogP contribution in [-0.2, 0) is 80.1 Å². The van der Waals surface area contributed by atoms with Crippen LogP contribution in [0.15, 0.2) is 0 Å². The molecule has 81 heavy (non-hydrogen) atoms. The van der Waals surface area contributed by atoms with E-state index in [0.717, 1.165) is 0 Å². The van der Waals surface area contributed by atoms with Gasteiger partial charge in [0.25, 0.3) is 0 Å². The Balaban J connectivity index is 0.00000165. The lowest BCUT2D eigenvalue weighted by atomic mass is 9.96. The molecule has 12 unspecified atom stereocenters. The molecule has 0 aromatic rings. The summed E-state index contributed by atoms with van der Waals surface area (Å²) in [5.74, 6) is -1.21. The van der Waals surface area contributed by atoms with Crippen molar-refractivity contribution in [3.05, 3.63) is 0 Å². The Morgan fingerprint density at radius 1 is 0.358 bits per heavy atom. The van der Waals surface area contributed by atoms with Crippen molar-refractivity contribution < 1.29 is 193 Å². The lowest BCUT2D eigenvalue weighted by Crippen LogP contribution is -2.67. The second-order valence-electron chi connectivity index (χ2n) is 18.5. The van der Waals surface area contributed by atoms with Gasteiger partial charge in [-0.05, 0) is 6.42 Å². The molecule has 6 fully saturated rings. The molecule has 0 amide bonds. The first kappa shape index (κ1) is 71.7. The molecule has 41 heteroatoms. The maximum Gasteiger partial charge on any atom is 0.358 e. The molecule has 0 radical (unpaired) electrons. The molecule has 6 aliphatic rings. The lowest BCUT2D eigenvalue weighted by Gasteiger charge is -2.48. The molecule has 0 aromatic heterocycles. The van der Waals surface area contributed by atoms with E-state index < -0.39 is 260 Å². The van der Waals surface area contributed by atoms with E-state index in [4.69, 9.17) is 81.6 Å². The van der Waals surface area contributed by atoms with Crippen LogP contribution >= 0.6 is 17.4 Å². The molecule has 0 saturated carbocycles. The Bertz CT molecular complexity index is 1810. The molecule has 0 aliphatic carbocycles. The van der Waals surface area contributed by atoms with Gasteiger partial charge in [-0.3, -0.25) is 4.79 Å². The maximum absolute atomic E-state index is 11.7. The van der Waals surface area contributed by atoms with E-state index in [1.807, 2.05) is 0 Å². The Morgan fingerprint density at radius 2 is 0.667 bits per heavy atom. The van der Waals surface area contributed by atoms with Gasteiger partial charge in [0.05, 0.1) is 46.2 Å². The summed E-state index contributed by atoms with van der Waals surface area (Å²) >= 11 is 0. The van der Waals surface area contributed by atoms with Crippen molar-refractivity contribution in [2.75, 3.05) is 46.2 Å². The molecule has 6 heterocycles. The van der Waals surface area contributed by atoms with Crippen LogP contribution in [-0.4, -0.2) is 349 Å². The zero-order valence-electron chi connectivity index (χ0n) is 41.9. The highest BCUT2D eigenvalue weighted by Gasteiger charge is 2.56. The van der Waals surface area contributed by atoms with Crippen LogP contribution in [0.5, 0.6) is 0 Å². The summed E-state index contributed by atoms with van der Waals surface area (Å²) in [7, 11) is -1.39. The van der Waals surface area contributed by atoms with Gasteiger partial charge in [0.1, 0.15) is 146 Å². The van der Waals surface area contributed by atoms with Crippen LogP contribution < -0.4 is 0 Å². The molecule has 6 rings (SSSR count). The highest BCUT2D eigenvalue weighted by molar-refractivity contribution is 7.17. The third-order valence-electron chi connectivity index (χ3n) is 13.3. The Labute approximate surface area is 458 Å². The number of carboxylic acid groups (broad SMARTS) is 1. The summed E-state index contributed by atoms with van der Waals surface area (Å²) < 4.78 is 91.1. The average Bonchev–Trinajstić information content (AvgIpc) is 3.56. The Hall–Kier alpha value is -1.73. The van der Waals surface area contributed by atoms with Crippen LogP contribution in [0.3, 0.4) is 0 Å². The Morgan fingerprint density at radius 3 is 1.07 bits per heavy atom. The van der Waals surface area contributed by atoms with Crippen molar-refractivity contribution in [1.82, 2.24) is 0 Å². The van der Waals surface area contributed by atoms with Gasteiger partial charge in [-0.1, -0.05) is 0 Å². The zero-order chi connectivity index (χ0) is 60.6. The monoisotopic (exact) mass is 1240 g/mol. The van der Waals surface area contributed by atoms with Crippen molar-refractivity contribution in [2.45, 2.75) is 197 Å². The maximum atomic E-state index is 11.7. The van der Waals surface area contributed by atoms with E-state index in [1.54, 1.807) is 0 Å². The molecule has 22 N–H and O–H groups in total. The number of rotatable bonds is 23. The summed E-state index contributed by atoms with van der Waals surface area (Å²) in [5, 5.41) is 224. The molecule has 30 atom stereocenters. The standard InChI is InChI=1S/C40H68O33.2HO3P/c41-4-10-17(47)23(53)29(59)37(65-10)72-33-26(56)19(49)12(6-43)67-39(33)64-8-14-21(51)25(55)28(58)35(69-14)63-9-15-22(52)32(31(61)36(70-15)62-3-1-2-16(45)46)71-40-34(27(57)20(50)13(7-44)68-40)73-38-30(60)24(54)18(48)11(5-42)66-38;2*1-3-4-2/h10-15,17-44,47-61H,1-9H2,(H,45,46);2*1H/t10?,11?,12?,13?,14?,15?,17-,18-,19-,20-,21-,22-,23+,24+,25+,26+,27+,28?,29?,30?,31?,32+,33?,34?,35+,36-,37-,38-,39+,40-;;/m1../s1. The first-order valence-corrected chi connectivity index (χ1v) is 25.7. The summed E-state index contributed by atoms with van der Waals surface area (Å²) in [4.78, 5) is 11.2. The van der Waals surface area contributed by atoms with Crippen LogP contribution in [0.4, 0.5) is 0 Å². The fraction of sp³-hybridized carbons (Fsp3) is 0.975. The predicted molar refractivity (Wildman–Crippen MR) is 242 cm³/mol. The summed E-state index contributed by atoms with van der Waals surface area (Å²) in [6.07, 6.45) is -57.5. The highest BCUT2D eigenvalue weighted by Crippen LogP contribution is 2.35. The number of carboxylic acids is 1. The highest BCUT2D eigenvalue weighted by atomic mass is 31.1. The fourth-order valence-electron chi connectivity index (χ4n) is 8.80. The van der Waals surface area contributed by atoms with Crippen molar-refractivity contribution >= 4 is 23.3 Å². The number of hydrogen-bond acceptors (Lipinski definition) is 38. The first-order valence-electron chi connectivity index (χ1n) is 24.3. The third kappa shape index (κ3) is 18.4. The topological polar surface area (TPSA) is 625 Å². The van der Waals surface area contributed by atoms with E-state index in [2.05, 4.69) is 9.35 Å². The SMILES string of the molecule is O=C(O)CCCO[C@@H]1OC(CO[C@H]2OC(CO[C@H]3OC(CO)[C@@H](O)[C@H](O)C3O[C@H]3OC(CO)[C@@H](O)[C@H](O)C3O)[C@@H](O)[C@H](O)C2O)[C@@H](O)[C@H](O[C@H]2OC(CO)[C@@H](O)[C@H](O)C2O[C@H]2OC(CO)[C@@H](O)[C@H](O)C2O)C1O.O=POO.O=POO. The van der Waals surface area contributed by atoms with Gasteiger partial charge in [0.2, 0.25) is 0 Å². The summed E-state index contributed by atoms with van der Waals surface area (Å²) in [5.41, 5.74) is 0. The van der Waals surface area contributed by atoms with Crippen molar-refractivity contribution in [2.24, 2.45) is 0 Å². The Kier molecular flexibility index (Phi) is 30.6. The van der Waals surface area contributed by atoms with Gasteiger partial charge in [-0.15, -0.1) is 9.35 Å². The number of aliphatic hydroxyl groups is 19. The number of aliphatic hydroxyl groups excluding tert-OH is 19. The first-order chi connectivity index (χ1) is 38.4. The van der Waals surface area contributed by atoms with E-state index >= 15 is 0 Å². The molecule has 0 bridgehead atoms. The van der Waals surface area contributed by atoms with Crippen molar-refractivity contribution in [1.29, 1.82) is 0 Å².